The molecule has 4 atom stereocenters. The van der Waals surface area contributed by atoms with Gasteiger partial charge in [-0.3, -0.25) is 9.80 Å². The normalized spacial score (nSPS) is 37.1. The van der Waals surface area contributed by atoms with Gasteiger partial charge in [-0.1, -0.05) is 36.4 Å². The van der Waals surface area contributed by atoms with Gasteiger partial charge < -0.3 is 10.2 Å². The Labute approximate surface area is 161 Å². The van der Waals surface area contributed by atoms with E-state index in [1.54, 1.807) is 5.56 Å². The first-order valence-corrected chi connectivity index (χ1v) is 10.2. The second kappa shape index (κ2) is 5.06. The van der Waals surface area contributed by atoms with Crippen molar-refractivity contribution in [3.05, 3.63) is 59.7 Å². The van der Waals surface area contributed by atoms with Crippen molar-refractivity contribution in [2.45, 2.75) is 36.0 Å². The fourth-order valence-corrected chi connectivity index (χ4v) is 7.23. The number of nitrogens with one attached hydrogen (secondary N) is 1. The molecule has 0 bridgehead atoms. The molecule has 0 amide bonds. The average molecular weight is 361 g/mol. The van der Waals surface area contributed by atoms with Crippen LogP contribution in [0, 0.1) is 0 Å². The molecule has 4 heterocycles. The number of hydrogen-bond acceptors (Lipinski definition) is 4. The second-order valence-electron chi connectivity index (χ2n) is 9.00. The Kier molecular flexibility index (Phi) is 2.99. The molecule has 140 valence electrons. The van der Waals surface area contributed by atoms with Gasteiger partial charge in [-0.05, 0) is 50.2 Å². The quantitative estimate of drug-likeness (QED) is 0.844. The molecule has 4 heteroatoms. The van der Waals surface area contributed by atoms with Crippen molar-refractivity contribution >= 4 is 11.4 Å². The Morgan fingerprint density at radius 1 is 0.815 bits per heavy atom. The first-order valence-electron chi connectivity index (χ1n) is 10.2. The number of fused-ring (bicyclic) bond motifs is 7. The minimum absolute atomic E-state index is 0.106. The van der Waals surface area contributed by atoms with Crippen LogP contribution in [0.25, 0.3) is 0 Å². The number of rotatable bonds is 1. The van der Waals surface area contributed by atoms with Crippen molar-refractivity contribution in [1.29, 1.82) is 0 Å². The van der Waals surface area contributed by atoms with Crippen LogP contribution in [-0.2, 0) is 10.8 Å². The fraction of sp³-hybridized carbons (Fsp3) is 0.478. The van der Waals surface area contributed by atoms with Crippen molar-refractivity contribution in [2.75, 3.05) is 44.4 Å². The molecule has 0 spiro atoms. The zero-order valence-corrected chi connectivity index (χ0v) is 16.4. The molecule has 0 aliphatic carbocycles. The number of hydrogen-bond donors (Lipinski definition) is 1. The van der Waals surface area contributed by atoms with Crippen LogP contribution in [0.15, 0.2) is 48.5 Å². The molecule has 6 rings (SSSR count). The van der Waals surface area contributed by atoms with Gasteiger partial charge in [-0.15, -0.1) is 0 Å². The number of likely N-dealkylation sites (N-methyl/N-ethyl adjacent to an activating group) is 3. The maximum atomic E-state index is 3.92. The SMILES string of the molecule is CN1CCC2([C@]34CCN(C)[C@H]3N(C)c3ccccc34)c3ccccc3N[C@H]12. The molecule has 27 heavy (non-hydrogen) atoms. The number of anilines is 2. The summed E-state index contributed by atoms with van der Waals surface area (Å²) in [6.45, 7) is 2.31. The summed E-state index contributed by atoms with van der Waals surface area (Å²) >= 11 is 0. The van der Waals surface area contributed by atoms with E-state index in [4.69, 9.17) is 0 Å². The Bertz CT molecular complexity index is 926. The lowest BCUT2D eigenvalue weighted by Crippen LogP contribution is -2.61. The van der Waals surface area contributed by atoms with Gasteiger partial charge in [0.25, 0.3) is 0 Å². The van der Waals surface area contributed by atoms with E-state index >= 15 is 0 Å². The predicted molar refractivity (Wildman–Crippen MR) is 110 cm³/mol. The topological polar surface area (TPSA) is 21.8 Å². The third kappa shape index (κ3) is 1.60. The lowest BCUT2D eigenvalue weighted by Gasteiger charge is -2.49. The van der Waals surface area contributed by atoms with Gasteiger partial charge in [-0.25, -0.2) is 0 Å². The van der Waals surface area contributed by atoms with Crippen LogP contribution in [0.3, 0.4) is 0 Å². The molecule has 2 saturated heterocycles. The highest BCUT2D eigenvalue weighted by Gasteiger charge is 2.72. The Hall–Kier alpha value is -2.04. The average Bonchev–Trinajstić information content (AvgIpc) is 3.37. The zero-order chi connectivity index (χ0) is 18.4. The summed E-state index contributed by atoms with van der Waals surface area (Å²) in [5.41, 5.74) is 6.06. The Morgan fingerprint density at radius 2 is 1.48 bits per heavy atom. The standard InChI is InChI=1S/C23H28N4/c1-25-14-12-22(16-8-4-6-10-18(16)24-20(22)25)23-13-15-26(2)21(23)27(3)19-11-7-5-9-17(19)23/h4-11,20-21,24H,12-15H2,1-3H3/t20-,21+,22?,23+/m1/s1. The summed E-state index contributed by atoms with van der Waals surface area (Å²) < 4.78 is 0. The first kappa shape index (κ1) is 16.0. The maximum absolute atomic E-state index is 3.92. The van der Waals surface area contributed by atoms with E-state index in [9.17, 15) is 0 Å². The predicted octanol–water partition coefficient (Wildman–Crippen LogP) is 3.06. The van der Waals surface area contributed by atoms with E-state index in [0.717, 1.165) is 13.1 Å². The smallest absolute Gasteiger partial charge is 0.0924 e. The summed E-state index contributed by atoms with van der Waals surface area (Å²) in [6.07, 6.45) is 3.21. The Balaban J connectivity index is 1.69. The number of likely N-dealkylation sites (tertiary alicyclic amines) is 2. The van der Waals surface area contributed by atoms with E-state index in [1.807, 2.05) is 0 Å². The second-order valence-corrected chi connectivity index (χ2v) is 9.00. The molecular weight excluding hydrogens is 332 g/mol. The molecule has 4 aliphatic heterocycles. The molecule has 0 aromatic heterocycles. The van der Waals surface area contributed by atoms with Crippen LogP contribution in [0.4, 0.5) is 11.4 Å². The molecule has 1 unspecified atom stereocenters. The van der Waals surface area contributed by atoms with Crippen molar-refractivity contribution in [3.8, 4) is 0 Å². The van der Waals surface area contributed by atoms with Crippen LogP contribution in [-0.4, -0.2) is 56.4 Å². The zero-order valence-electron chi connectivity index (χ0n) is 16.4. The molecule has 4 aliphatic rings. The van der Waals surface area contributed by atoms with E-state index in [1.165, 1.54) is 29.8 Å². The summed E-state index contributed by atoms with van der Waals surface area (Å²) in [6, 6.07) is 18.3. The lowest BCUT2D eigenvalue weighted by atomic mass is 9.55. The van der Waals surface area contributed by atoms with Gasteiger partial charge in [0.15, 0.2) is 0 Å². The third-order valence-corrected chi connectivity index (χ3v) is 8.11. The number of para-hydroxylation sites is 2. The summed E-state index contributed by atoms with van der Waals surface area (Å²) in [4.78, 5) is 7.68. The van der Waals surface area contributed by atoms with Crippen molar-refractivity contribution in [1.82, 2.24) is 9.80 Å². The van der Waals surface area contributed by atoms with Gasteiger partial charge in [-0.2, -0.15) is 0 Å². The van der Waals surface area contributed by atoms with Crippen LogP contribution in [0.2, 0.25) is 0 Å². The van der Waals surface area contributed by atoms with Crippen LogP contribution < -0.4 is 10.2 Å². The monoisotopic (exact) mass is 360 g/mol. The van der Waals surface area contributed by atoms with Gasteiger partial charge in [0.05, 0.1) is 12.3 Å². The third-order valence-electron chi connectivity index (χ3n) is 8.11. The van der Waals surface area contributed by atoms with Crippen molar-refractivity contribution < 1.29 is 0 Å². The van der Waals surface area contributed by atoms with Gasteiger partial charge in [0.1, 0.15) is 0 Å². The molecule has 0 radical (unpaired) electrons. The molecule has 1 N–H and O–H groups in total. The van der Waals surface area contributed by atoms with Gasteiger partial charge in [0, 0.05) is 42.3 Å². The van der Waals surface area contributed by atoms with Gasteiger partial charge in [0.2, 0.25) is 0 Å². The fourth-order valence-electron chi connectivity index (χ4n) is 7.23. The van der Waals surface area contributed by atoms with Crippen molar-refractivity contribution in [2.24, 2.45) is 0 Å². The van der Waals surface area contributed by atoms with E-state index in [0.29, 0.717) is 12.3 Å². The highest BCUT2D eigenvalue weighted by molar-refractivity contribution is 5.72. The molecule has 2 aromatic carbocycles. The first-order chi connectivity index (χ1) is 13.1. The molecule has 4 nitrogen and oxygen atoms in total. The van der Waals surface area contributed by atoms with E-state index in [2.05, 4.69) is 89.7 Å². The molecule has 2 aromatic rings. The van der Waals surface area contributed by atoms with E-state index in [-0.39, 0.29) is 10.8 Å². The van der Waals surface area contributed by atoms with Crippen LogP contribution in [0.1, 0.15) is 24.0 Å². The summed E-state index contributed by atoms with van der Waals surface area (Å²) in [5, 5.41) is 3.92. The number of benzene rings is 2. The van der Waals surface area contributed by atoms with Crippen LogP contribution >= 0.6 is 0 Å². The van der Waals surface area contributed by atoms with Crippen molar-refractivity contribution in [3.63, 3.8) is 0 Å². The van der Waals surface area contributed by atoms with Crippen LogP contribution in [0.5, 0.6) is 0 Å². The highest BCUT2D eigenvalue weighted by Crippen LogP contribution is 2.67. The summed E-state index contributed by atoms with van der Waals surface area (Å²) in [5.74, 6) is 0. The Morgan fingerprint density at radius 3 is 2.33 bits per heavy atom. The molecule has 2 fully saturated rings. The number of nitrogens with zero attached hydrogens (tertiary/aromatic N) is 3. The van der Waals surface area contributed by atoms with Gasteiger partial charge >= 0.3 is 0 Å². The molecular formula is C23H28N4. The van der Waals surface area contributed by atoms with E-state index < -0.39 is 0 Å². The molecule has 0 saturated carbocycles. The minimum atomic E-state index is 0.106. The lowest BCUT2D eigenvalue weighted by molar-refractivity contribution is 0.136. The maximum Gasteiger partial charge on any atom is 0.0924 e. The highest BCUT2D eigenvalue weighted by atomic mass is 15.4. The largest absolute Gasteiger partial charge is 0.369 e. The minimum Gasteiger partial charge on any atom is -0.369 e. The summed E-state index contributed by atoms with van der Waals surface area (Å²) in [7, 11) is 6.90.